The zero-order valence-corrected chi connectivity index (χ0v) is 8.31. The molecule has 0 saturated heterocycles. The average molecular weight is 173 g/mol. The van der Waals surface area contributed by atoms with Gasteiger partial charge in [-0.2, -0.15) is 0 Å². The van der Waals surface area contributed by atoms with E-state index in [4.69, 9.17) is 5.14 Å². The Hall–Kier alpha value is -0.350. The van der Waals surface area contributed by atoms with Crippen molar-refractivity contribution in [2.75, 3.05) is 0 Å². The molecule has 1 aliphatic rings. The first-order valence-electron chi connectivity index (χ1n) is 3.60. The highest BCUT2D eigenvalue weighted by molar-refractivity contribution is 8.40. The predicted molar refractivity (Wildman–Crippen MR) is 53.2 cm³/mol. The molecule has 4 heteroatoms. The normalized spacial score (nSPS) is 28.3. The van der Waals surface area contributed by atoms with Gasteiger partial charge in [-0.25, -0.2) is 0 Å². The predicted octanol–water partition coefficient (Wildman–Crippen LogP) is 1.65. The third-order valence-electron chi connectivity index (χ3n) is 1.54. The third-order valence-corrected chi connectivity index (χ3v) is 3.54. The molecular formula is C7H15N3S. The fourth-order valence-corrected chi connectivity index (χ4v) is 2.19. The SMILES string of the molecule is CC1=NN=C(C(C)(C)C)[SH]1N. The van der Waals surface area contributed by atoms with Gasteiger partial charge >= 0.3 is 0 Å². The second-order valence-electron chi connectivity index (χ2n) is 3.69. The summed E-state index contributed by atoms with van der Waals surface area (Å²) in [5.74, 6) is 0. The van der Waals surface area contributed by atoms with Crippen molar-refractivity contribution in [3.05, 3.63) is 0 Å². The summed E-state index contributed by atoms with van der Waals surface area (Å²) in [6, 6.07) is 0. The Morgan fingerprint density at radius 1 is 1.27 bits per heavy atom. The van der Waals surface area contributed by atoms with E-state index < -0.39 is 11.1 Å². The van der Waals surface area contributed by atoms with E-state index in [1.165, 1.54) is 0 Å². The minimum atomic E-state index is -0.678. The van der Waals surface area contributed by atoms with Crippen molar-refractivity contribution < 1.29 is 0 Å². The van der Waals surface area contributed by atoms with Crippen LogP contribution in [0.2, 0.25) is 0 Å². The van der Waals surface area contributed by atoms with Gasteiger partial charge in [0.15, 0.2) is 0 Å². The molecule has 1 atom stereocenters. The molecule has 2 N–H and O–H groups in total. The Labute approximate surface area is 70.3 Å². The Bertz CT molecular complexity index is 224. The van der Waals surface area contributed by atoms with Crippen LogP contribution in [0.3, 0.4) is 0 Å². The van der Waals surface area contributed by atoms with Gasteiger partial charge in [-0.1, -0.05) is 20.8 Å². The molecule has 64 valence electrons. The smallest absolute Gasteiger partial charge is 0.0987 e. The van der Waals surface area contributed by atoms with Gasteiger partial charge in [0.05, 0.1) is 10.1 Å². The number of nitrogens with two attached hydrogens (primary N) is 1. The molecule has 1 unspecified atom stereocenters. The van der Waals surface area contributed by atoms with Crippen molar-refractivity contribution in [1.29, 1.82) is 0 Å². The molecule has 0 saturated carbocycles. The first-order chi connectivity index (χ1) is 4.93. The lowest BCUT2D eigenvalue weighted by Crippen LogP contribution is -2.23. The molecule has 0 aromatic heterocycles. The highest BCUT2D eigenvalue weighted by atomic mass is 32.2. The van der Waals surface area contributed by atoms with Crippen LogP contribution >= 0.6 is 11.1 Å². The monoisotopic (exact) mass is 173 g/mol. The lowest BCUT2D eigenvalue weighted by molar-refractivity contribution is 0.600. The fourth-order valence-electron chi connectivity index (χ4n) is 0.881. The number of rotatable bonds is 0. The van der Waals surface area contributed by atoms with Crippen molar-refractivity contribution in [1.82, 2.24) is 0 Å². The highest BCUT2D eigenvalue weighted by Gasteiger charge is 2.27. The Morgan fingerprint density at radius 2 is 1.82 bits per heavy atom. The van der Waals surface area contributed by atoms with Crippen LogP contribution in [0.1, 0.15) is 27.7 Å². The van der Waals surface area contributed by atoms with E-state index in [1.807, 2.05) is 6.92 Å². The maximum absolute atomic E-state index is 5.91. The number of nitrogens with zero attached hydrogens (tertiary/aromatic N) is 2. The van der Waals surface area contributed by atoms with E-state index in [0.29, 0.717) is 0 Å². The molecule has 0 spiro atoms. The molecule has 0 aromatic carbocycles. The van der Waals surface area contributed by atoms with Crippen LogP contribution in [-0.4, -0.2) is 10.1 Å². The van der Waals surface area contributed by atoms with E-state index in [9.17, 15) is 0 Å². The lowest BCUT2D eigenvalue weighted by Gasteiger charge is -2.23. The highest BCUT2D eigenvalue weighted by Crippen LogP contribution is 2.36. The summed E-state index contributed by atoms with van der Waals surface area (Å²) >= 11 is -0.678. The van der Waals surface area contributed by atoms with Gasteiger partial charge in [0.2, 0.25) is 0 Å². The van der Waals surface area contributed by atoms with E-state index in [2.05, 4.69) is 31.0 Å². The summed E-state index contributed by atoms with van der Waals surface area (Å²) in [7, 11) is 0. The molecule has 0 radical (unpaired) electrons. The van der Waals surface area contributed by atoms with E-state index >= 15 is 0 Å². The van der Waals surface area contributed by atoms with Crippen LogP contribution in [0, 0.1) is 5.41 Å². The first-order valence-corrected chi connectivity index (χ1v) is 5.01. The van der Waals surface area contributed by atoms with E-state index in [1.54, 1.807) is 0 Å². The molecule has 0 aromatic rings. The van der Waals surface area contributed by atoms with Crippen LogP contribution in [-0.2, 0) is 0 Å². The largest absolute Gasteiger partial charge is 0.287 e. The zero-order valence-electron chi connectivity index (χ0n) is 7.42. The first kappa shape index (κ1) is 8.74. The molecule has 0 bridgehead atoms. The van der Waals surface area contributed by atoms with Crippen LogP contribution < -0.4 is 5.14 Å². The second-order valence-corrected chi connectivity index (χ2v) is 5.50. The maximum atomic E-state index is 5.91. The summed E-state index contributed by atoms with van der Waals surface area (Å²) in [6.45, 7) is 8.28. The minimum Gasteiger partial charge on any atom is -0.287 e. The molecule has 0 amide bonds. The number of thiol groups is 1. The summed E-state index contributed by atoms with van der Waals surface area (Å²) in [6.07, 6.45) is 0. The van der Waals surface area contributed by atoms with Crippen LogP contribution in [0.5, 0.6) is 0 Å². The minimum absolute atomic E-state index is 0.0711. The topological polar surface area (TPSA) is 50.7 Å². The molecule has 0 fully saturated rings. The quantitative estimate of drug-likeness (QED) is 0.538. The Kier molecular flexibility index (Phi) is 2.07. The van der Waals surface area contributed by atoms with Crippen molar-refractivity contribution in [3.8, 4) is 0 Å². The van der Waals surface area contributed by atoms with Crippen LogP contribution in [0.25, 0.3) is 0 Å². The maximum Gasteiger partial charge on any atom is 0.0987 e. The molecule has 1 aliphatic heterocycles. The van der Waals surface area contributed by atoms with Crippen molar-refractivity contribution in [2.24, 2.45) is 20.8 Å². The van der Waals surface area contributed by atoms with Crippen LogP contribution in [0.15, 0.2) is 10.2 Å². The van der Waals surface area contributed by atoms with Gasteiger partial charge in [0.1, 0.15) is 0 Å². The summed E-state index contributed by atoms with van der Waals surface area (Å²) in [4.78, 5) is 0. The zero-order chi connectivity index (χ0) is 8.65. The number of hydrogen-bond donors (Lipinski definition) is 2. The van der Waals surface area contributed by atoms with Gasteiger partial charge in [-0.05, 0) is 6.92 Å². The summed E-state index contributed by atoms with van der Waals surface area (Å²) in [5.41, 5.74) is 0.0711. The molecule has 1 heterocycles. The van der Waals surface area contributed by atoms with Crippen molar-refractivity contribution >= 4 is 21.2 Å². The molecule has 11 heavy (non-hydrogen) atoms. The van der Waals surface area contributed by atoms with Crippen molar-refractivity contribution in [2.45, 2.75) is 27.7 Å². The Morgan fingerprint density at radius 3 is 2.00 bits per heavy atom. The van der Waals surface area contributed by atoms with Gasteiger partial charge in [0, 0.05) is 5.41 Å². The third kappa shape index (κ3) is 1.62. The van der Waals surface area contributed by atoms with Crippen LogP contribution in [0.4, 0.5) is 0 Å². The van der Waals surface area contributed by atoms with Crippen molar-refractivity contribution in [3.63, 3.8) is 0 Å². The van der Waals surface area contributed by atoms with Gasteiger partial charge in [-0.3, -0.25) is 5.14 Å². The van der Waals surface area contributed by atoms with E-state index in [-0.39, 0.29) is 5.41 Å². The standard InChI is InChI=1S/C7H15N3S/c1-5-9-10-6(11(5)8)7(2,3)4/h11H,8H2,1-4H3. The second kappa shape index (κ2) is 2.60. The molecular weight excluding hydrogens is 158 g/mol. The summed E-state index contributed by atoms with van der Waals surface area (Å²) in [5, 5.41) is 16.0. The molecule has 1 rings (SSSR count). The fraction of sp³-hybridized carbons (Fsp3) is 0.714. The van der Waals surface area contributed by atoms with Gasteiger partial charge < -0.3 is 0 Å². The van der Waals surface area contributed by atoms with Gasteiger partial charge in [-0.15, -0.1) is 21.3 Å². The Balaban J connectivity index is 2.83. The molecule has 0 aliphatic carbocycles. The van der Waals surface area contributed by atoms with Gasteiger partial charge in [0.25, 0.3) is 0 Å². The van der Waals surface area contributed by atoms with E-state index in [0.717, 1.165) is 10.1 Å². The summed E-state index contributed by atoms with van der Waals surface area (Å²) < 4.78 is 0. The lowest BCUT2D eigenvalue weighted by atomic mass is 9.99. The number of hydrogen-bond acceptors (Lipinski definition) is 3. The molecule has 3 nitrogen and oxygen atoms in total. The average Bonchev–Trinajstić information content (AvgIpc) is 2.11.